The zero-order chi connectivity index (χ0) is 38.6. The van der Waals surface area contributed by atoms with Crippen molar-refractivity contribution in [2.24, 2.45) is 0 Å². The zero-order valence-corrected chi connectivity index (χ0v) is 32.2. The largest absolute Gasteiger partial charge is 0.310 e. The average Bonchev–Trinajstić information content (AvgIpc) is 3.82. The number of anilines is 3. The molecule has 0 aliphatic heterocycles. The van der Waals surface area contributed by atoms with Crippen molar-refractivity contribution in [2.75, 3.05) is 4.90 Å². The first-order valence-electron chi connectivity index (χ1n) is 19.5. The number of aromatic nitrogens is 1. The van der Waals surface area contributed by atoms with Crippen LogP contribution in [0.4, 0.5) is 21.5 Å². The summed E-state index contributed by atoms with van der Waals surface area (Å²) in [6, 6.07) is 74.3. The van der Waals surface area contributed by atoms with Crippen molar-refractivity contribution in [3.05, 3.63) is 218 Å². The van der Waals surface area contributed by atoms with Crippen LogP contribution in [0.25, 0.3) is 81.0 Å². The van der Waals surface area contributed by atoms with Crippen LogP contribution in [0.2, 0.25) is 0 Å². The Labute approximate surface area is 339 Å². The van der Waals surface area contributed by atoms with Crippen LogP contribution in [-0.2, 0) is 0 Å². The number of hydrogen-bond acceptors (Lipinski definition) is 2. The fourth-order valence-electron chi connectivity index (χ4n) is 8.52. The van der Waals surface area contributed by atoms with E-state index in [0.717, 1.165) is 61.2 Å². The van der Waals surface area contributed by atoms with Crippen LogP contribution in [0.1, 0.15) is 0 Å². The van der Waals surface area contributed by atoms with Crippen LogP contribution in [0.15, 0.2) is 212 Å². The lowest BCUT2D eigenvalue weighted by Crippen LogP contribution is -2.10. The number of thiophene rings is 1. The van der Waals surface area contributed by atoms with E-state index < -0.39 is 0 Å². The Bertz CT molecular complexity index is 3290. The van der Waals surface area contributed by atoms with E-state index in [1.54, 1.807) is 12.1 Å². The van der Waals surface area contributed by atoms with Crippen molar-refractivity contribution < 1.29 is 4.39 Å². The molecule has 9 aromatic carbocycles. The second-order valence-electron chi connectivity index (χ2n) is 14.7. The van der Waals surface area contributed by atoms with Gasteiger partial charge in [-0.2, -0.15) is 0 Å². The van der Waals surface area contributed by atoms with Crippen molar-refractivity contribution in [1.29, 1.82) is 0 Å². The van der Waals surface area contributed by atoms with E-state index in [-0.39, 0.29) is 5.82 Å². The second kappa shape index (κ2) is 14.0. The van der Waals surface area contributed by atoms with Crippen LogP contribution < -0.4 is 4.90 Å². The summed E-state index contributed by atoms with van der Waals surface area (Å²) in [4.78, 5) is 2.33. The van der Waals surface area contributed by atoms with Gasteiger partial charge in [-0.3, -0.25) is 0 Å². The number of hydrogen-bond donors (Lipinski definition) is 0. The lowest BCUT2D eigenvalue weighted by Gasteiger charge is -2.26. The monoisotopic (exact) mass is 762 g/mol. The minimum absolute atomic E-state index is 0.250. The van der Waals surface area contributed by atoms with Gasteiger partial charge in [0.2, 0.25) is 0 Å². The normalized spacial score (nSPS) is 11.5. The fraction of sp³-hybridized carbons (Fsp3) is 0. The molecule has 0 bridgehead atoms. The van der Waals surface area contributed by atoms with Crippen LogP contribution >= 0.6 is 11.3 Å². The molecular weight excluding hydrogens is 728 g/mol. The second-order valence-corrected chi connectivity index (χ2v) is 15.8. The van der Waals surface area contributed by atoms with Crippen LogP contribution in [-0.4, -0.2) is 4.57 Å². The fourth-order valence-corrected chi connectivity index (χ4v) is 9.66. The quantitative estimate of drug-likeness (QED) is 0.157. The molecule has 0 radical (unpaired) electrons. The predicted octanol–water partition coefficient (Wildman–Crippen LogP) is 15.8. The summed E-state index contributed by atoms with van der Waals surface area (Å²) >= 11 is 1.85. The molecule has 0 aliphatic carbocycles. The SMILES string of the molecule is Fc1ccc2c3ccccc3n(-c3ccccc3-c3ccc(N(c4ccc(-c5ccccc5)cc4)c4cccc(-c5ccc6c(c5)sc5ccccc56)c4)cc3)c2c1. The Morgan fingerprint density at radius 1 is 0.362 bits per heavy atom. The number of rotatable bonds is 7. The highest BCUT2D eigenvalue weighted by atomic mass is 32.1. The third-order valence-electron chi connectivity index (χ3n) is 11.3. The summed E-state index contributed by atoms with van der Waals surface area (Å²) in [5.41, 5.74) is 12.9. The van der Waals surface area contributed by atoms with Crippen molar-refractivity contribution in [3.8, 4) is 39.1 Å². The molecule has 0 spiro atoms. The lowest BCUT2D eigenvalue weighted by molar-refractivity contribution is 0.629. The number of halogens is 1. The third-order valence-corrected chi connectivity index (χ3v) is 12.4. The molecule has 0 atom stereocenters. The molecule has 2 nitrogen and oxygen atoms in total. The van der Waals surface area contributed by atoms with E-state index in [9.17, 15) is 4.39 Å². The van der Waals surface area contributed by atoms with Gasteiger partial charge in [0, 0.05) is 53.6 Å². The van der Waals surface area contributed by atoms with Crippen LogP contribution in [0, 0.1) is 5.82 Å². The Morgan fingerprint density at radius 3 is 1.78 bits per heavy atom. The molecule has 0 aliphatic rings. The Balaban J connectivity index is 1.02. The van der Waals surface area contributed by atoms with Crippen LogP contribution in [0.3, 0.4) is 0 Å². The Kier molecular flexibility index (Phi) is 8.23. The lowest BCUT2D eigenvalue weighted by atomic mass is 10.0. The molecule has 0 saturated carbocycles. The maximum atomic E-state index is 14.8. The predicted molar refractivity (Wildman–Crippen MR) is 245 cm³/mol. The van der Waals surface area contributed by atoms with Gasteiger partial charge < -0.3 is 9.47 Å². The van der Waals surface area contributed by atoms with Gasteiger partial charge >= 0.3 is 0 Å². The van der Waals surface area contributed by atoms with Gasteiger partial charge in [0.25, 0.3) is 0 Å². The molecule has 0 N–H and O–H groups in total. The summed E-state index contributed by atoms with van der Waals surface area (Å²) < 4.78 is 19.6. The first-order valence-corrected chi connectivity index (χ1v) is 20.3. The minimum Gasteiger partial charge on any atom is -0.310 e. The molecule has 58 heavy (non-hydrogen) atoms. The van der Waals surface area contributed by atoms with E-state index in [2.05, 4.69) is 191 Å². The van der Waals surface area contributed by atoms with E-state index >= 15 is 0 Å². The molecule has 2 aromatic heterocycles. The topological polar surface area (TPSA) is 8.17 Å². The molecule has 11 rings (SSSR count). The van der Waals surface area contributed by atoms with E-state index in [0.29, 0.717) is 0 Å². The molecule has 0 amide bonds. The van der Waals surface area contributed by atoms with E-state index in [4.69, 9.17) is 0 Å². The van der Waals surface area contributed by atoms with Crippen molar-refractivity contribution in [2.45, 2.75) is 0 Å². The molecule has 4 heteroatoms. The molecule has 2 heterocycles. The van der Waals surface area contributed by atoms with Crippen molar-refractivity contribution in [3.63, 3.8) is 0 Å². The maximum Gasteiger partial charge on any atom is 0.125 e. The van der Waals surface area contributed by atoms with Crippen molar-refractivity contribution >= 4 is 70.4 Å². The first-order chi connectivity index (χ1) is 28.7. The number of nitrogens with zero attached hydrogens (tertiary/aromatic N) is 2. The zero-order valence-electron chi connectivity index (χ0n) is 31.4. The summed E-state index contributed by atoms with van der Waals surface area (Å²) in [5.74, 6) is -0.250. The number of benzene rings is 9. The van der Waals surface area contributed by atoms with Gasteiger partial charge in [-0.05, 0) is 107 Å². The highest BCUT2D eigenvalue weighted by Crippen LogP contribution is 2.42. The van der Waals surface area contributed by atoms with E-state index in [1.807, 2.05) is 29.5 Å². The maximum absolute atomic E-state index is 14.8. The van der Waals surface area contributed by atoms with Gasteiger partial charge in [0.15, 0.2) is 0 Å². The molecule has 0 unspecified atom stereocenters. The third kappa shape index (κ3) is 5.85. The summed E-state index contributed by atoms with van der Waals surface area (Å²) in [7, 11) is 0. The Morgan fingerprint density at radius 2 is 0.948 bits per heavy atom. The average molecular weight is 763 g/mol. The highest BCUT2D eigenvalue weighted by molar-refractivity contribution is 7.25. The van der Waals surface area contributed by atoms with Crippen LogP contribution in [0.5, 0.6) is 0 Å². The highest BCUT2D eigenvalue weighted by Gasteiger charge is 2.18. The summed E-state index contributed by atoms with van der Waals surface area (Å²) in [5, 5.41) is 4.74. The Hall–Kier alpha value is -7.27. The first kappa shape index (κ1) is 34.0. The molecular formula is C54H35FN2S. The van der Waals surface area contributed by atoms with Crippen molar-refractivity contribution in [1.82, 2.24) is 4.57 Å². The van der Waals surface area contributed by atoms with E-state index in [1.165, 1.54) is 36.9 Å². The van der Waals surface area contributed by atoms with Gasteiger partial charge in [-0.15, -0.1) is 11.3 Å². The molecule has 274 valence electrons. The molecule has 0 saturated heterocycles. The number of fused-ring (bicyclic) bond motifs is 6. The molecule has 0 fully saturated rings. The number of para-hydroxylation sites is 2. The summed E-state index contributed by atoms with van der Waals surface area (Å²) in [6.45, 7) is 0. The van der Waals surface area contributed by atoms with Gasteiger partial charge in [-0.1, -0.05) is 133 Å². The van der Waals surface area contributed by atoms with Gasteiger partial charge in [0.05, 0.1) is 16.7 Å². The standard InChI is InChI=1S/C54H35FN2S/c55-41-26-32-47-46-16-5-8-19-51(46)57(52(47)35-41)50-18-7-4-15-45(50)38-23-29-43(30-24-38)56(42-27-21-37(22-28-42)36-11-2-1-3-12-36)44-14-10-13-39(33-44)40-25-31-49-48-17-6-9-20-53(48)58-54(49)34-40/h1-35H. The minimum atomic E-state index is -0.250. The van der Waals surface area contributed by atoms with Gasteiger partial charge in [-0.25, -0.2) is 4.39 Å². The van der Waals surface area contributed by atoms with Gasteiger partial charge in [0.1, 0.15) is 5.82 Å². The summed E-state index contributed by atoms with van der Waals surface area (Å²) in [6.07, 6.45) is 0. The molecule has 11 aromatic rings. The smallest absolute Gasteiger partial charge is 0.125 e.